The highest BCUT2D eigenvalue weighted by Crippen LogP contribution is 2.24. The number of para-hydroxylation sites is 1. The minimum atomic E-state index is -0.582. The molecule has 1 aromatic heterocycles. The lowest BCUT2D eigenvalue weighted by Crippen LogP contribution is -2.29. The molecule has 2 amide bonds. The van der Waals surface area contributed by atoms with Crippen LogP contribution in [0, 0.1) is 12.7 Å². The molecule has 3 rings (SSSR count). The average Bonchev–Trinajstić information content (AvgIpc) is 3.22. The first kappa shape index (κ1) is 24.4. The number of thioether (sulfide) groups is 1. The van der Waals surface area contributed by atoms with Crippen LogP contribution in [-0.2, 0) is 17.8 Å². The van der Waals surface area contributed by atoms with Crippen molar-refractivity contribution in [3.8, 4) is 0 Å². The first-order valence-corrected chi connectivity index (χ1v) is 11.8. The number of rotatable bonds is 9. The van der Waals surface area contributed by atoms with Crippen LogP contribution in [0.3, 0.4) is 0 Å². The number of aromatic nitrogens is 3. The molecule has 0 aliphatic carbocycles. The first-order chi connectivity index (χ1) is 15.8. The minimum Gasteiger partial charge on any atom is -0.342 e. The molecule has 174 valence electrons. The van der Waals surface area contributed by atoms with E-state index in [2.05, 4.69) is 27.8 Å². The molecule has 9 heteroatoms. The number of amides is 2. The van der Waals surface area contributed by atoms with Gasteiger partial charge in [0.05, 0.1) is 17.4 Å². The lowest BCUT2D eigenvalue weighted by Gasteiger charge is -2.15. The van der Waals surface area contributed by atoms with Crippen LogP contribution in [0.2, 0.25) is 0 Å². The Kier molecular flexibility index (Phi) is 8.21. The molecule has 0 aliphatic heterocycles. The van der Waals surface area contributed by atoms with E-state index in [0.29, 0.717) is 17.5 Å². The lowest BCUT2D eigenvalue weighted by atomic mass is 10.1. The summed E-state index contributed by atoms with van der Waals surface area (Å²) >= 11 is 1.28. The van der Waals surface area contributed by atoms with E-state index < -0.39 is 17.8 Å². The largest absolute Gasteiger partial charge is 0.342 e. The van der Waals surface area contributed by atoms with Crippen LogP contribution in [0.5, 0.6) is 0 Å². The van der Waals surface area contributed by atoms with Crippen LogP contribution >= 0.6 is 11.8 Å². The highest BCUT2D eigenvalue weighted by atomic mass is 32.2. The summed E-state index contributed by atoms with van der Waals surface area (Å²) in [5.41, 5.74) is 2.94. The standard InChI is InChI=1S/C24H28FN5O2S/c1-5-17-11-9-10-15(3)21(17)27-20(31)14-33-24-29-28-22(30(24)6-2)16(4)26-23(32)18-12-7-8-13-19(18)25/h7-13,16H,5-6,14H2,1-4H3,(H,26,32)(H,27,31)/t16-/m0/s1. The van der Waals surface area contributed by atoms with Gasteiger partial charge in [0.1, 0.15) is 5.82 Å². The summed E-state index contributed by atoms with van der Waals surface area (Å²) in [6.07, 6.45) is 0.828. The third kappa shape index (κ3) is 5.78. The zero-order valence-electron chi connectivity index (χ0n) is 19.2. The Hall–Kier alpha value is -3.20. The fourth-order valence-corrected chi connectivity index (χ4v) is 4.33. The van der Waals surface area contributed by atoms with Crippen LogP contribution in [-0.4, -0.2) is 32.3 Å². The van der Waals surface area contributed by atoms with E-state index in [1.807, 2.05) is 36.6 Å². The number of carbonyl (C=O) groups is 2. The number of hydrogen-bond donors (Lipinski definition) is 2. The Balaban J connectivity index is 1.66. The summed E-state index contributed by atoms with van der Waals surface area (Å²) in [5, 5.41) is 14.8. The molecule has 1 atom stereocenters. The number of nitrogens with one attached hydrogen (secondary N) is 2. The molecule has 0 aliphatic rings. The minimum absolute atomic E-state index is 0.0270. The Morgan fingerprint density at radius 2 is 1.88 bits per heavy atom. The van der Waals surface area contributed by atoms with E-state index in [9.17, 15) is 14.0 Å². The molecule has 0 unspecified atom stereocenters. The predicted octanol–water partition coefficient (Wildman–Crippen LogP) is 4.53. The Labute approximate surface area is 197 Å². The molecule has 0 spiro atoms. The summed E-state index contributed by atoms with van der Waals surface area (Å²) in [6, 6.07) is 11.3. The maximum Gasteiger partial charge on any atom is 0.254 e. The second-order valence-corrected chi connectivity index (χ2v) is 8.50. The molecular formula is C24H28FN5O2S. The third-order valence-electron chi connectivity index (χ3n) is 5.25. The number of anilines is 1. The molecule has 0 radical (unpaired) electrons. The van der Waals surface area contributed by atoms with Crippen LogP contribution in [0.4, 0.5) is 10.1 Å². The second kappa shape index (κ2) is 11.1. The number of benzene rings is 2. The summed E-state index contributed by atoms with van der Waals surface area (Å²) in [6.45, 7) is 8.28. The summed E-state index contributed by atoms with van der Waals surface area (Å²) in [4.78, 5) is 25.1. The van der Waals surface area contributed by atoms with Crippen molar-refractivity contribution in [1.82, 2.24) is 20.1 Å². The monoisotopic (exact) mass is 469 g/mol. The number of halogens is 1. The number of aryl methyl sites for hydroxylation is 2. The molecule has 0 saturated carbocycles. The topological polar surface area (TPSA) is 88.9 Å². The van der Waals surface area contributed by atoms with Crippen molar-refractivity contribution in [3.63, 3.8) is 0 Å². The Morgan fingerprint density at radius 3 is 2.58 bits per heavy atom. The first-order valence-electron chi connectivity index (χ1n) is 10.8. The predicted molar refractivity (Wildman–Crippen MR) is 128 cm³/mol. The molecule has 33 heavy (non-hydrogen) atoms. The molecule has 0 fully saturated rings. The smallest absolute Gasteiger partial charge is 0.254 e. The van der Waals surface area contributed by atoms with Crippen molar-refractivity contribution in [2.24, 2.45) is 0 Å². The molecule has 3 aromatic rings. The van der Waals surface area contributed by atoms with Gasteiger partial charge < -0.3 is 15.2 Å². The van der Waals surface area contributed by atoms with Gasteiger partial charge in [-0.05, 0) is 50.5 Å². The van der Waals surface area contributed by atoms with Gasteiger partial charge in [0, 0.05) is 12.2 Å². The van der Waals surface area contributed by atoms with Gasteiger partial charge in [0.15, 0.2) is 11.0 Å². The molecule has 2 N–H and O–H groups in total. The van der Waals surface area contributed by atoms with Crippen molar-refractivity contribution in [2.45, 2.75) is 51.9 Å². The molecular weight excluding hydrogens is 441 g/mol. The van der Waals surface area contributed by atoms with Gasteiger partial charge in [0.25, 0.3) is 5.91 Å². The summed E-state index contributed by atoms with van der Waals surface area (Å²) in [5.74, 6) is -0.522. The van der Waals surface area contributed by atoms with Gasteiger partial charge in [-0.25, -0.2) is 4.39 Å². The van der Waals surface area contributed by atoms with E-state index >= 15 is 0 Å². The molecule has 1 heterocycles. The third-order valence-corrected chi connectivity index (χ3v) is 6.22. The van der Waals surface area contributed by atoms with Gasteiger partial charge in [0.2, 0.25) is 5.91 Å². The average molecular weight is 470 g/mol. The molecule has 7 nitrogen and oxygen atoms in total. The maximum absolute atomic E-state index is 13.9. The van der Waals surface area contributed by atoms with Gasteiger partial charge in [-0.2, -0.15) is 0 Å². The fraction of sp³-hybridized carbons (Fsp3) is 0.333. The van der Waals surface area contributed by atoms with E-state index in [0.717, 1.165) is 23.2 Å². The van der Waals surface area contributed by atoms with Gasteiger partial charge >= 0.3 is 0 Å². The molecule has 2 aromatic carbocycles. The normalized spacial score (nSPS) is 11.8. The summed E-state index contributed by atoms with van der Waals surface area (Å²) < 4.78 is 15.8. The van der Waals surface area contributed by atoms with Crippen LogP contribution in [0.25, 0.3) is 0 Å². The quantitative estimate of drug-likeness (QED) is 0.450. The molecule has 0 saturated heterocycles. The van der Waals surface area contributed by atoms with Crippen molar-refractivity contribution in [1.29, 1.82) is 0 Å². The van der Waals surface area contributed by atoms with Crippen LogP contribution < -0.4 is 10.6 Å². The number of hydrogen-bond acceptors (Lipinski definition) is 5. The van der Waals surface area contributed by atoms with E-state index in [4.69, 9.17) is 0 Å². The van der Waals surface area contributed by atoms with Crippen LogP contribution in [0.1, 0.15) is 54.1 Å². The van der Waals surface area contributed by atoms with Gasteiger partial charge in [-0.1, -0.05) is 49.0 Å². The van der Waals surface area contributed by atoms with Crippen LogP contribution in [0.15, 0.2) is 47.6 Å². The van der Waals surface area contributed by atoms with Gasteiger partial charge in [-0.15, -0.1) is 10.2 Å². The highest BCUT2D eigenvalue weighted by molar-refractivity contribution is 7.99. The Bertz CT molecular complexity index is 1150. The maximum atomic E-state index is 13.9. The summed E-state index contributed by atoms with van der Waals surface area (Å²) in [7, 11) is 0. The Morgan fingerprint density at radius 1 is 1.12 bits per heavy atom. The second-order valence-electron chi connectivity index (χ2n) is 7.56. The van der Waals surface area contributed by atoms with E-state index in [1.54, 1.807) is 13.0 Å². The number of carbonyl (C=O) groups excluding carboxylic acids is 2. The van der Waals surface area contributed by atoms with Crippen molar-refractivity contribution in [2.75, 3.05) is 11.1 Å². The zero-order valence-corrected chi connectivity index (χ0v) is 20.0. The fourth-order valence-electron chi connectivity index (χ4n) is 3.52. The van der Waals surface area contributed by atoms with Crippen molar-refractivity contribution >= 4 is 29.3 Å². The molecule has 0 bridgehead atoms. The van der Waals surface area contributed by atoms with Crippen molar-refractivity contribution < 1.29 is 14.0 Å². The highest BCUT2D eigenvalue weighted by Gasteiger charge is 2.21. The zero-order chi connectivity index (χ0) is 24.0. The lowest BCUT2D eigenvalue weighted by molar-refractivity contribution is -0.113. The SMILES string of the molecule is CCc1cccc(C)c1NC(=O)CSc1nnc([C@H](C)NC(=O)c2ccccc2F)n1CC. The van der Waals surface area contributed by atoms with E-state index in [-0.39, 0.29) is 17.2 Å². The number of nitrogens with zero attached hydrogens (tertiary/aromatic N) is 3. The van der Waals surface area contributed by atoms with Gasteiger partial charge in [-0.3, -0.25) is 9.59 Å². The van der Waals surface area contributed by atoms with Crippen molar-refractivity contribution in [3.05, 3.63) is 70.8 Å². The van der Waals surface area contributed by atoms with E-state index in [1.165, 1.54) is 30.0 Å².